The summed E-state index contributed by atoms with van der Waals surface area (Å²) in [6.07, 6.45) is 15.0. The van der Waals surface area contributed by atoms with E-state index in [0.29, 0.717) is 92.4 Å². The summed E-state index contributed by atoms with van der Waals surface area (Å²) in [6, 6.07) is 0. The molecule has 0 radical (unpaired) electrons. The van der Waals surface area contributed by atoms with Crippen molar-refractivity contribution in [2.75, 3.05) is 92.4 Å². The molecule has 0 aliphatic rings. The highest BCUT2D eigenvalue weighted by atomic mass is 16.6. The smallest absolute Gasteiger partial charge is 0.308 e. The number of esters is 2. The Morgan fingerprint density at radius 1 is 0.469 bits per heavy atom. The van der Waals surface area contributed by atoms with E-state index in [0.717, 1.165) is 77.0 Å². The van der Waals surface area contributed by atoms with Crippen LogP contribution in [0, 0.1) is 11.8 Å². The van der Waals surface area contributed by atoms with Gasteiger partial charge < -0.3 is 43.6 Å². The third-order valence-electron chi connectivity index (χ3n) is 8.07. The van der Waals surface area contributed by atoms with Gasteiger partial charge in [0.25, 0.3) is 0 Å². The summed E-state index contributed by atoms with van der Waals surface area (Å²) >= 11 is 0. The first-order chi connectivity index (χ1) is 24.0. The molecule has 3 unspecified atom stereocenters. The number of hydrogen-bond donors (Lipinski definition) is 1. The number of rotatable bonds is 39. The lowest BCUT2D eigenvalue weighted by Crippen LogP contribution is -2.27. The number of ether oxygens (including phenoxy) is 8. The number of carbonyl (C=O) groups is 2. The van der Waals surface area contributed by atoms with Gasteiger partial charge in [0.15, 0.2) is 0 Å². The van der Waals surface area contributed by atoms with Gasteiger partial charge in [0.1, 0.15) is 6.10 Å². The van der Waals surface area contributed by atoms with E-state index in [2.05, 4.69) is 13.8 Å². The minimum atomic E-state index is -0.152. The molecular weight excluding hydrogens is 630 g/mol. The summed E-state index contributed by atoms with van der Waals surface area (Å²) in [6.45, 7) is 15.4. The van der Waals surface area contributed by atoms with Gasteiger partial charge >= 0.3 is 11.9 Å². The number of hydrogen-bond acceptors (Lipinski definition) is 11. The SMILES string of the molecule is CCCCCCC(C)C(=O)OCCCCCCOC(COCCCCCCOC(=O)C(C)CCC)COCCOCCOCCOCCN. The van der Waals surface area contributed by atoms with Gasteiger partial charge in [0, 0.05) is 19.8 Å². The van der Waals surface area contributed by atoms with Gasteiger partial charge in [-0.3, -0.25) is 9.59 Å². The molecule has 0 rings (SSSR count). The Labute approximate surface area is 299 Å². The molecule has 0 aliphatic heterocycles. The van der Waals surface area contributed by atoms with E-state index in [1.807, 2.05) is 13.8 Å². The molecule has 0 spiro atoms. The molecule has 0 bridgehead atoms. The summed E-state index contributed by atoms with van der Waals surface area (Å²) in [5.41, 5.74) is 5.39. The fourth-order valence-corrected chi connectivity index (χ4v) is 4.96. The summed E-state index contributed by atoms with van der Waals surface area (Å²) in [5, 5.41) is 0. The van der Waals surface area contributed by atoms with Crippen LogP contribution in [0.5, 0.6) is 0 Å². The van der Waals surface area contributed by atoms with E-state index in [1.165, 1.54) is 19.3 Å². The van der Waals surface area contributed by atoms with Gasteiger partial charge in [-0.15, -0.1) is 0 Å². The van der Waals surface area contributed by atoms with Crippen LogP contribution in [0.15, 0.2) is 0 Å². The first-order valence-electron chi connectivity index (χ1n) is 19.5. The van der Waals surface area contributed by atoms with Crippen molar-refractivity contribution in [1.29, 1.82) is 0 Å². The van der Waals surface area contributed by atoms with Gasteiger partial charge in [-0.25, -0.2) is 0 Å². The molecular formula is C38H75NO10. The van der Waals surface area contributed by atoms with Crippen LogP contribution >= 0.6 is 0 Å². The molecule has 0 saturated carbocycles. The number of carbonyl (C=O) groups excluding carboxylic acids is 2. The second-order valence-electron chi connectivity index (χ2n) is 12.9. The zero-order valence-corrected chi connectivity index (χ0v) is 31.9. The molecule has 292 valence electrons. The molecule has 2 N–H and O–H groups in total. The Bertz CT molecular complexity index is 714. The molecule has 11 nitrogen and oxygen atoms in total. The molecule has 0 aromatic carbocycles. The van der Waals surface area contributed by atoms with E-state index in [1.54, 1.807) is 0 Å². The zero-order valence-electron chi connectivity index (χ0n) is 31.9. The molecule has 0 aromatic rings. The highest BCUT2D eigenvalue weighted by molar-refractivity contribution is 5.72. The summed E-state index contributed by atoms with van der Waals surface area (Å²) in [4.78, 5) is 24.1. The van der Waals surface area contributed by atoms with Crippen LogP contribution in [0.1, 0.15) is 124 Å². The van der Waals surface area contributed by atoms with Crippen LogP contribution in [0.4, 0.5) is 0 Å². The maximum Gasteiger partial charge on any atom is 0.308 e. The third-order valence-corrected chi connectivity index (χ3v) is 8.07. The largest absolute Gasteiger partial charge is 0.465 e. The average molecular weight is 706 g/mol. The fourth-order valence-electron chi connectivity index (χ4n) is 4.96. The second kappa shape index (κ2) is 37.9. The van der Waals surface area contributed by atoms with Crippen molar-refractivity contribution in [1.82, 2.24) is 0 Å². The molecule has 49 heavy (non-hydrogen) atoms. The van der Waals surface area contributed by atoms with Gasteiger partial charge in [-0.05, 0) is 51.4 Å². The van der Waals surface area contributed by atoms with E-state index >= 15 is 0 Å². The van der Waals surface area contributed by atoms with E-state index in [4.69, 9.17) is 43.6 Å². The van der Waals surface area contributed by atoms with Crippen molar-refractivity contribution in [2.24, 2.45) is 17.6 Å². The highest BCUT2D eigenvalue weighted by Crippen LogP contribution is 2.13. The van der Waals surface area contributed by atoms with Crippen LogP contribution in [0.3, 0.4) is 0 Å². The molecule has 0 fully saturated rings. The summed E-state index contributed by atoms with van der Waals surface area (Å²) < 4.78 is 45.1. The van der Waals surface area contributed by atoms with E-state index < -0.39 is 0 Å². The first kappa shape index (κ1) is 47.7. The molecule has 0 aliphatic carbocycles. The van der Waals surface area contributed by atoms with Gasteiger partial charge in [0.2, 0.25) is 0 Å². The van der Waals surface area contributed by atoms with Gasteiger partial charge in [-0.1, -0.05) is 72.6 Å². The lowest BCUT2D eigenvalue weighted by atomic mass is 10.0. The molecule has 0 saturated heterocycles. The van der Waals surface area contributed by atoms with Crippen LogP contribution in [0.2, 0.25) is 0 Å². The van der Waals surface area contributed by atoms with Gasteiger partial charge in [-0.2, -0.15) is 0 Å². The monoisotopic (exact) mass is 706 g/mol. The minimum absolute atomic E-state index is 0.0138. The topological polar surface area (TPSA) is 134 Å². The van der Waals surface area contributed by atoms with Crippen molar-refractivity contribution in [2.45, 2.75) is 130 Å². The highest BCUT2D eigenvalue weighted by Gasteiger charge is 2.14. The fraction of sp³-hybridized carbons (Fsp3) is 0.947. The Hall–Kier alpha value is -1.34. The predicted molar refractivity (Wildman–Crippen MR) is 194 cm³/mol. The van der Waals surface area contributed by atoms with Crippen LogP contribution in [-0.2, 0) is 47.5 Å². The lowest BCUT2D eigenvalue weighted by molar-refractivity contribution is -0.149. The zero-order chi connectivity index (χ0) is 36.0. The molecule has 11 heteroatoms. The standard InChI is InChI=1S/C38H75NO10/c1-5-7-8-13-19-35(4)38(41)49-24-17-12-11-15-22-47-36(33-46-31-30-44-29-28-43-27-26-42-25-20-39)32-45-21-14-9-10-16-23-48-37(40)34(3)18-6-2/h34-36H,5-33,39H2,1-4H3. The summed E-state index contributed by atoms with van der Waals surface area (Å²) in [5.74, 6) is -0.181. The average Bonchev–Trinajstić information content (AvgIpc) is 3.10. The van der Waals surface area contributed by atoms with Crippen molar-refractivity contribution < 1.29 is 47.5 Å². The molecule has 0 aromatic heterocycles. The van der Waals surface area contributed by atoms with Crippen molar-refractivity contribution in [3.05, 3.63) is 0 Å². The van der Waals surface area contributed by atoms with E-state index in [9.17, 15) is 9.59 Å². The molecule has 3 atom stereocenters. The van der Waals surface area contributed by atoms with Crippen molar-refractivity contribution >= 4 is 11.9 Å². The predicted octanol–water partition coefficient (Wildman–Crippen LogP) is 6.66. The number of unbranched alkanes of at least 4 members (excludes halogenated alkanes) is 9. The minimum Gasteiger partial charge on any atom is -0.465 e. The van der Waals surface area contributed by atoms with Gasteiger partial charge in [0.05, 0.1) is 84.5 Å². The quantitative estimate of drug-likeness (QED) is 0.0543. The Morgan fingerprint density at radius 3 is 1.45 bits per heavy atom. The normalized spacial score (nSPS) is 13.3. The maximum atomic E-state index is 12.2. The lowest BCUT2D eigenvalue weighted by Gasteiger charge is -2.18. The molecule has 0 amide bonds. The first-order valence-corrected chi connectivity index (χ1v) is 19.5. The Kier molecular flexibility index (Phi) is 36.9. The van der Waals surface area contributed by atoms with Crippen LogP contribution < -0.4 is 5.73 Å². The second-order valence-corrected chi connectivity index (χ2v) is 12.9. The maximum absolute atomic E-state index is 12.2. The summed E-state index contributed by atoms with van der Waals surface area (Å²) in [7, 11) is 0. The van der Waals surface area contributed by atoms with Crippen LogP contribution in [0.25, 0.3) is 0 Å². The molecule has 0 heterocycles. The third kappa shape index (κ3) is 33.6. The van der Waals surface area contributed by atoms with Crippen molar-refractivity contribution in [3.63, 3.8) is 0 Å². The Balaban J connectivity index is 4.14. The van der Waals surface area contributed by atoms with Crippen LogP contribution in [-0.4, -0.2) is 110 Å². The van der Waals surface area contributed by atoms with Crippen molar-refractivity contribution in [3.8, 4) is 0 Å². The Morgan fingerprint density at radius 2 is 0.918 bits per heavy atom. The van der Waals surface area contributed by atoms with E-state index in [-0.39, 0.29) is 29.9 Å². The number of nitrogens with two attached hydrogens (primary N) is 1.